The molecule has 1 amide bonds. The average Bonchev–Trinajstić information content (AvgIpc) is 2.55. The molecule has 0 bridgehead atoms. The van der Waals surface area contributed by atoms with Gasteiger partial charge in [0.2, 0.25) is 5.91 Å². The molecule has 0 unspecified atom stereocenters. The van der Waals surface area contributed by atoms with Gasteiger partial charge >= 0.3 is 0 Å². The van der Waals surface area contributed by atoms with Gasteiger partial charge in [-0.1, -0.05) is 18.5 Å². The highest BCUT2D eigenvalue weighted by Gasteiger charge is 2.20. The Morgan fingerprint density at radius 1 is 1.45 bits per heavy atom. The van der Waals surface area contributed by atoms with E-state index >= 15 is 0 Å². The zero-order valence-corrected chi connectivity index (χ0v) is 13.7. The van der Waals surface area contributed by atoms with Gasteiger partial charge in [-0.3, -0.25) is 4.79 Å². The molecule has 0 atom stereocenters. The third-order valence-corrected chi connectivity index (χ3v) is 4.35. The number of nitrogens with one attached hydrogen (secondary N) is 1. The summed E-state index contributed by atoms with van der Waals surface area (Å²) in [6.45, 7) is 8.33. The van der Waals surface area contributed by atoms with E-state index in [0.717, 1.165) is 32.7 Å². The van der Waals surface area contributed by atoms with Crippen LogP contribution in [-0.4, -0.2) is 60.0 Å². The lowest BCUT2D eigenvalue weighted by atomic mass is 10.1. The van der Waals surface area contributed by atoms with Gasteiger partial charge in [0.1, 0.15) is 11.9 Å². The van der Waals surface area contributed by atoms with Crippen molar-refractivity contribution in [3.8, 4) is 6.07 Å². The first-order valence-corrected chi connectivity index (χ1v) is 7.73. The summed E-state index contributed by atoms with van der Waals surface area (Å²) in [6, 6.07) is 2.08. The molecular weight excluding hydrogens is 302 g/mol. The normalized spacial score (nSPS) is 15.5. The molecular formula is C15H20ClN5O. The Bertz CT molecular complexity index is 590. The molecule has 0 radical (unpaired) electrons. The third-order valence-electron chi connectivity index (χ3n) is 3.97. The minimum absolute atomic E-state index is 0.0223. The van der Waals surface area contributed by atoms with E-state index in [4.69, 9.17) is 11.6 Å². The maximum atomic E-state index is 12.2. The summed E-state index contributed by atoms with van der Waals surface area (Å²) in [5.74, 6) is 0.430. The quantitative estimate of drug-likeness (QED) is 0.909. The molecule has 0 spiro atoms. The van der Waals surface area contributed by atoms with Gasteiger partial charge in [0, 0.05) is 32.4 Å². The molecule has 2 rings (SSSR count). The number of halogens is 1. The largest absolute Gasteiger partial charge is 0.360 e. The third kappa shape index (κ3) is 3.67. The lowest BCUT2D eigenvalue weighted by Crippen LogP contribution is -2.49. The minimum Gasteiger partial charge on any atom is -0.360 e. The maximum Gasteiger partial charge on any atom is 0.242 e. The summed E-state index contributed by atoms with van der Waals surface area (Å²) < 4.78 is 0. The lowest BCUT2D eigenvalue weighted by molar-refractivity contribution is -0.131. The number of pyridine rings is 1. The van der Waals surface area contributed by atoms with Crippen LogP contribution in [0, 0.1) is 18.3 Å². The standard InChI is InChI=1S/C15H20ClN5O/c1-3-20-4-6-21(7-5-20)14(22)10-19-15-12(8-17)11(2)13(16)9-18-15/h9H,3-7,10H2,1-2H3,(H,18,19). The van der Waals surface area contributed by atoms with Crippen molar-refractivity contribution >= 4 is 23.3 Å². The molecule has 7 heteroatoms. The van der Waals surface area contributed by atoms with Crippen molar-refractivity contribution < 1.29 is 4.79 Å². The highest BCUT2D eigenvalue weighted by molar-refractivity contribution is 6.31. The number of amides is 1. The van der Waals surface area contributed by atoms with Gasteiger partial charge < -0.3 is 15.1 Å². The summed E-state index contributed by atoms with van der Waals surface area (Å²) in [6.07, 6.45) is 1.49. The number of nitrogens with zero attached hydrogens (tertiary/aromatic N) is 4. The van der Waals surface area contributed by atoms with Crippen LogP contribution in [-0.2, 0) is 4.79 Å². The molecule has 0 aromatic carbocycles. The Labute approximate surface area is 135 Å². The fourth-order valence-electron chi connectivity index (χ4n) is 2.44. The molecule has 1 aromatic rings. The number of rotatable bonds is 4. The number of piperazine rings is 1. The Morgan fingerprint density at radius 3 is 2.73 bits per heavy atom. The minimum atomic E-state index is 0.0223. The predicted molar refractivity (Wildman–Crippen MR) is 85.9 cm³/mol. The van der Waals surface area contributed by atoms with E-state index in [0.29, 0.717) is 22.0 Å². The van der Waals surface area contributed by atoms with Gasteiger partial charge in [0.15, 0.2) is 0 Å². The van der Waals surface area contributed by atoms with Crippen LogP contribution in [0.4, 0.5) is 5.82 Å². The van der Waals surface area contributed by atoms with E-state index in [9.17, 15) is 10.1 Å². The zero-order chi connectivity index (χ0) is 16.1. The molecule has 118 valence electrons. The van der Waals surface area contributed by atoms with Crippen LogP contribution in [0.3, 0.4) is 0 Å². The second kappa shape index (κ2) is 7.43. The van der Waals surface area contributed by atoms with Crippen molar-refractivity contribution in [3.05, 3.63) is 22.3 Å². The second-order valence-electron chi connectivity index (χ2n) is 5.24. The Kier molecular flexibility index (Phi) is 5.58. The van der Waals surface area contributed by atoms with Crippen LogP contribution in [0.1, 0.15) is 18.1 Å². The lowest BCUT2D eigenvalue weighted by Gasteiger charge is -2.34. The molecule has 1 aromatic heterocycles. The summed E-state index contributed by atoms with van der Waals surface area (Å²) in [5, 5.41) is 12.6. The molecule has 6 nitrogen and oxygen atoms in total. The second-order valence-corrected chi connectivity index (χ2v) is 5.64. The van der Waals surface area contributed by atoms with Crippen molar-refractivity contribution in [1.29, 1.82) is 5.26 Å². The van der Waals surface area contributed by atoms with E-state index in [1.54, 1.807) is 6.92 Å². The molecule has 1 fully saturated rings. The summed E-state index contributed by atoms with van der Waals surface area (Å²) in [4.78, 5) is 20.5. The first-order chi connectivity index (χ1) is 10.6. The highest BCUT2D eigenvalue weighted by atomic mass is 35.5. The van der Waals surface area contributed by atoms with Gasteiger partial charge in [0.25, 0.3) is 0 Å². The Balaban J connectivity index is 1.95. The molecule has 1 aliphatic heterocycles. The van der Waals surface area contributed by atoms with Gasteiger partial charge in [-0.25, -0.2) is 4.98 Å². The monoisotopic (exact) mass is 321 g/mol. The number of anilines is 1. The maximum absolute atomic E-state index is 12.2. The molecule has 1 aliphatic rings. The molecule has 22 heavy (non-hydrogen) atoms. The average molecular weight is 322 g/mol. The summed E-state index contributed by atoms with van der Waals surface area (Å²) in [7, 11) is 0. The fraction of sp³-hybridized carbons (Fsp3) is 0.533. The van der Waals surface area contributed by atoms with Gasteiger partial charge in [-0.15, -0.1) is 0 Å². The molecule has 0 aliphatic carbocycles. The van der Waals surface area contributed by atoms with Crippen molar-refractivity contribution in [3.63, 3.8) is 0 Å². The number of hydrogen-bond donors (Lipinski definition) is 1. The molecule has 1 N–H and O–H groups in total. The highest BCUT2D eigenvalue weighted by Crippen LogP contribution is 2.22. The molecule has 1 saturated heterocycles. The van der Waals surface area contributed by atoms with Crippen molar-refractivity contribution in [1.82, 2.24) is 14.8 Å². The Hall–Kier alpha value is -1.84. The van der Waals surface area contributed by atoms with E-state index in [2.05, 4.69) is 28.2 Å². The number of aromatic nitrogens is 1. The number of carbonyl (C=O) groups is 1. The Morgan fingerprint density at radius 2 is 2.14 bits per heavy atom. The summed E-state index contributed by atoms with van der Waals surface area (Å²) in [5.41, 5.74) is 1.06. The van der Waals surface area contributed by atoms with Crippen molar-refractivity contribution in [2.75, 3.05) is 44.6 Å². The first-order valence-electron chi connectivity index (χ1n) is 7.36. The predicted octanol–water partition coefficient (Wildman–Crippen LogP) is 1.49. The number of likely N-dealkylation sites (N-methyl/N-ethyl adjacent to an activating group) is 1. The topological polar surface area (TPSA) is 72.3 Å². The first kappa shape index (κ1) is 16.5. The van der Waals surface area contributed by atoms with E-state index < -0.39 is 0 Å². The van der Waals surface area contributed by atoms with Gasteiger partial charge in [0.05, 0.1) is 17.1 Å². The fourth-order valence-corrected chi connectivity index (χ4v) is 2.58. The zero-order valence-electron chi connectivity index (χ0n) is 12.9. The van der Waals surface area contributed by atoms with Crippen LogP contribution in [0.25, 0.3) is 0 Å². The number of nitriles is 1. The van der Waals surface area contributed by atoms with Gasteiger partial charge in [-0.05, 0) is 19.0 Å². The van der Waals surface area contributed by atoms with Crippen LogP contribution >= 0.6 is 11.6 Å². The molecule has 0 saturated carbocycles. The van der Waals surface area contributed by atoms with E-state index in [1.165, 1.54) is 6.20 Å². The van der Waals surface area contributed by atoms with Crippen LogP contribution in [0.15, 0.2) is 6.20 Å². The van der Waals surface area contributed by atoms with E-state index in [-0.39, 0.29) is 12.5 Å². The molecule has 2 heterocycles. The number of carbonyl (C=O) groups excluding carboxylic acids is 1. The van der Waals surface area contributed by atoms with Crippen molar-refractivity contribution in [2.24, 2.45) is 0 Å². The van der Waals surface area contributed by atoms with Gasteiger partial charge in [-0.2, -0.15) is 5.26 Å². The SMILES string of the molecule is CCN1CCN(C(=O)CNc2ncc(Cl)c(C)c2C#N)CC1. The smallest absolute Gasteiger partial charge is 0.242 e. The van der Waals surface area contributed by atoms with Crippen LogP contribution in [0.2, 0.25) is 5.02 Å². The number of hydrogen-bond acceptors (Lipinski definition) is 5. The van der Waals surface area contributed by atoms with Crippen LogP contribution < -0.4 is 5.32 Å². The summed E-state index contributed by atoms with van der Waals surface area (Å²) >= 11 is 5.96. The van der Waals surface area contributed by atoms with Crippen LogP contribution in [0.5, 0.6) is 0 Å². The van der Waals surface area contributed by atoms with E-state index in [1.807, 2.05) is 4.90 Å². The van der Waals surface area contributed by atoms with Crippen molar-refractivity contribution in [2.45, 2.75) is 13.8 Å².